The molecule has 0 saturated carbocycles. The van der Waals surface area contributed by atoms with Gasteiger partial charge in [0, 0.05) is 0 Å². The molecule has 0 bridgehead atoms. The Balaban J connectivity index is 2.18. The Bertz CT molecular complexity index is 503. The average molecular weight is 240 g/mol. The molecule has 0 aliphatic heterocycles. The minimum atomic E-state index is 0.520. The number of hydrogen-bond acceptors (Lipinski definition) is 2. The Labute approximate surface area is 105 Å². The van der Waals surface area contributed by atoms with E-state index in [9.17, 15) is 10.4 Å². The topological polar surface area (TPSA) is 63.9 Å². The zero-order valence-corrected chi connectivity index (χ0v) is 9.59. The Hall–Kier alpha value is -2.30. The largest absolute Gasteiger partial charge is 0.233 e. The van der Waals surface area contributed by atoms with Gasteiger partial charge in [0.15, 0.2) is 0 Å². The van der Waals surface area contributed by atoms with Crippen LogP contribution in [0.5, 0.6) is 0 Å². The highest BCUT2D eigenvalue weighted by Crippen LogP contribution is 2.15. The van der Waals surface area contributed by atoms with Crippen molar-refractivity contribution in [1.82, 2.24) is 0 Å². The van der Waals surface area contributed by atoms with E-state index in [0.29, 0.717) is 11.4 Å². The molecule has 0 atom stereocenters. The third kappa shape index (κ3) is 3.10. The smallest absolute Gasteiger partial charge is 0.0641 e. The fourth-order valence-corrected chi connectivity index (χ4v) is 1.60. The van der Waals surface area contributed by atoms with Gasteiger partial charge in [0.25, 0.3) is 0 Å². The van der Waals surface area contributed by atoms with Gasteiger partial charge in [0.2, 0.25) is 0 Å². The van der Waals surface area contributed by atoms with Gasteiger partial charge in [-0.05, 0) is 35.4 Å². The SMILES string of the molecule is [O]Nc1cccc(/C=C/c2cccc(N[O])c2)c1. The van der Waals surface area contributed by atoms with Gasteiger partial charge in [0.1, 0.15) is 0 Å². The van der Waals surface area contributed by atoms with Crippen LogP contribution in [0.25, 0.3) is 12.2 Å². The van der Waals surface area contributed by atoms with E-state index in [0.717, 1.165) is 11.1 Å². The Kier molecular flexibility index (Phi) is 3.96. The molecule has 4 nitrogen and oxygen atoms in total. The van der Waals surface area contributed by atoms with Gasteiger partial charge < -0.3 is 0 Å². The van der Waals surface area contributed by atoms with Crippen LogP contribution < -0.4 is 11.0 Å². The summed E-state index contributed by atoms with van der Waals surface area (Å²) < 4.78 is 0. The lowest BCUT2D eigenvalue weighted by Gasteiger charge is -2.00. The lowest BCUT2D eigenvalue weighted by atomic mass is 10.1. The van der Waals surface area contributed by atoms with Crippen molar-refractivity contribution in [1.29, 1.82) is 0 Å². The van der Waals surface area contributed by atoms with Gasteiger partial charge in [-0.1, -0.05) is 46.8 Å². The molecule has 0 aliphatic rings. The van der Waals surface area contributed by atoms with Gasteiger partial charge in [0.05, 0.1) is 11.4 Å². The van der Waals surface area contributed by atoms with Gasteiger partial charge in [-0.15, -0.1) is 0 Å². The second-order valence-corrected chi connectivity index (χ2v) is 3.79. The zero-order valence-electron chi connectivity index (χ0n) is 9.59. The predicted molar refractivity (Wildman–Crippen MR) is 70.4 cm³/mol. The molecule has 0 heterocycles. The van der Waals surface area contributed by atoms with Crippen LogP contribution in [0, 0.1) is 0 Å². The maximum absolute atomic E-state index is 10.5. The molecule has 4 heteroatoms. The summed E-state index contributed by atoms with van der Waals surface area (Å²) in [5.41, 5.74) is 6.56. The number of anilines is 2. The van der Waals surface area contributed by atoms with Crippen molar-refractivity contribution in [3.63, 3.8) is 0 Å². The maximum atomic E-state index is 10.5. The fourth-order valence-electron chi connectivity index (χ4n) is 1.60. The van der Waals surface area contributed by atoms with Crippen LogP contribution in [0.15, 0.2) is 48.5 Å². The highest BCUT2D eigenvalue weighted by molar-refractivity contribution is 5.72. The fraction of sp³-hybridized carbons (Fsp3) is 0. The van der Waals surface area contributed by atoms with Crippen LogP contribution >= 0.6 is 0 Å². The van der Waals surface area contributed by atoms with E-state index in [1.807, 2.05) is 35.2 Å². The molecule has 90 valence electrons. The molecule has 2 aromatic carbocycles. The minimum Gasteiger partial charge on any atom is -0.233 e. The maximum Gasteiger partial charge on any atom is 0.0641 e. The molecule has 0 saturated heterocycles. The molecule has 2 N–H and O–H groups in total. The minimum absolute atomic E-state index is 0.520. The summed E-state index contributed by atoms with van der Waals surface area (Å²) >= 11 is 0. The summed E-state index contributed by atoms with van der Waals surface area (Å²) in [6.45, 7) is 0. The molecule has 0 fully saturated rings. The van der Waals surface area contributed by atoms with Crippen molar-refractivity contribution >= 4 is 23.5 Å². The van der Waals surface area contributed by atoms with Gasteiger partial charge >= 0.3 is 0 Å². The molecule has 0 aliphatic carbocycles. The third-order valence-electron chi connectivity index (χ3n) is 2.48. The molecule has 0 aromatic heterocycles. The van der Waals surface area contributed by atoms with Crippen LogP contribution in [-0.2, 0) is 10.4 Å². The molecule has 0 amide bonds. The van der Waals surface area contributed by atoms with Crippen molar-refractivity contribution in [2.45, 2.75) is 0 Å². The summed E-state index contributed by atoms with van der Waals surface area (Å²) in [7, 11) is 0. The molecule has 18 heavy (non-hydrogen) atoms. The molecular weight excluding hydrogens is 228 g/mol. The van der Waals surface area contributed by atoms with Crippen molar-refractivity contribution in [2.75, 3.05) is 11.0 Å². The molecule has 2 rings (SSSR count). The molecule has 2 aromatic rings. The van der Waals surface area contributed by atoms with E-state index < -0.39 is 0 Å². The van der Waals surface area contributed by atoms with Gasteiger partial charge in [-0.2, -0.15) is 0 Å². The summed E-state index contributed by atoms with van der Waals surface area (Å²) in [6, 6.07) is 14.3. The number of benzene rings is 2. The highest BCUT2D eigenvalue weighted by Gasteiger charge is 1.93. The first-order valence-corrected chi connectivity index (χ1v) is 5.46. The highest BCUT2D eigenvalue weighted by atomic mass is 16.5. The summed E-state index contributed by atoms with van der Waals surface area (Å²) in [4.78, 5) is 0. The van der Waals surface area contributed by atoms with E-state index in [-0.39, 0.29) is 0 Å². The third-order valence-corrected chi connectivity index (χ3v) is 2.48. The summed E-state index contributed by atoms with van der Waals surface area (Å²) in [6.07, 6.45) is 3.76. The molecule has 2 radical (unpaired) electrons. The van der Waals surface area contributed by atoms with E-state index in [2.05, 4.69) is 0 Å². The van der Waals surface area contributed by atoms with E-state index in [4.69, 9.17) is 0 Å². The van der Waals surface area contributed by atoms with Crippen molar-refractivity contribution in [2.24, 2.45) is 0 Å². The van der Waals surface area contributed by atoms with E-state index >= 15 is 0 Å². The van der Waals surface area contributed by atoms with Gasteiger partial charge in [-0.3, -0.25) is 0 Å². The normalized spacial score (nSPS) is 10.6. The van der Waals surface area contributed by atoms with Crippen LogP contribution in [0.2, 0.25) is 0 Å². The van der Waals surface area contributed by atoms with Crippen molar-refractivity contribution in [3.05, 3.63) is 59.7 Å². The lowest BCUT2D eigenvalue weighted by molar-refractivity contribution is 0.274. The molecular formula is C14H12N2O2. The molecule has 0 spiro atoms. The van der Waals surface area contributed by atoms with E-state index in [1.165, 1.54) is 0 Å². The van der Waals surface area contributed by atoms with Crippen molar-refractivity contribution < 1.29 is 10.4 Å². The number of rotatable bonds is 4. The lowest BCUT2D eigenvalue weighted by Crippen LogP contribution is -1.86. The Morgan fingerprint density at radius 3 is 1.56 bits per heavy atom. The first-order chi connectivity index (χ1) is 8.81. The Morgan fingerprint density at radius 2 is 1.17 bits per heavy atom. The quantitative estimate of drug-likeness (QED) is 0.635. The second kappa shape index (κ2) is 5.86. The monoisotopic (exact) mass is 240 g/mol. The average Bonchev–Trinajstić information content (AvgIpc) is 2.45. The van der Waals surface area contributed by atoms with E-state index in [1.54, 1.807) is 36.4 Å². The van der Waals surface area contributed by atoms with Crippen LogP contribution in [0.1, 0.15) is 11.1 Å². The first-order valence-electron chi connectivity index (χ1n) is 5.46. The summed E-state index contributed by atoms with van der Waals surface area (Å²) in [5, 5.41) is 21.0. The van der Waals surface area contributed by atoms with Gasteiger partial charge in [-0.25, -0.2) is 11.0 Å². The second-order valence-electron chi connectivity index (χ2n) is 3.79. The zero-order chi connectivity index (χ0) is 12.8. The predicted octanol–water partition coefficient (Wildman–Crippen LogP) is 3.37. The Morgan fingerprint density at radius 1 is 0.722 bits per heavy atom. The molecule has 0 unspecified atom stereocenters. The number of nitrogens with one attached hydrogen (secondary N) is 2. The van der Waals surface area contributed by atoms with Crippen LogP contribution in [0.3, 0.4) is 0 Å². The first kappa shape index (κ1) is 12.2. The van der Waals surface area contributed by atoms with Crippen LogP contribution in [0.4, 0.5) is 11.4 Å². The van der Waals surface area contributed by atoms with Crippen LogP contribution in [-0.4, -0.2) is 0 Å². The standard InChI is InChI=1S/C14H12N2O2/c17-15-13-5-1-3-11(9-13)7-8-12-4-2-6-14(10-12)16-18/h1-10,15-16H/b8-7+. The number of hydrogen-bond donors (Lipinski definition) is 2. The summed E-state index contributed by atoms with van der Waals surface area (Å²) in [5.74, 6) is 0. The van der Waals surface area contributed by atoms with Crippen molar-refractivity contribution in [3.8, 4) is 0 Å².